The molecule has 7 heteroatoms. The van der Waals surface area contributed by atoms with Crippen molar-refractivity contribution in [3.63, 3.8) is 0 Å². The quantitative estimate of drug-likeness (QED) is 0.394. The van der Waals surface area contributed by atoms with Gasteiger partial charge in [0.2, 0.25) is 6.79 Å². The summed E-state index contributed by atoms with van der Waals surface area (Å²) >= 11 is 1.59. The summed E-state index contributed by atoms with van der Waals surface area (Å²) in [5.41, 5.74) is 4.52. The van der Waals surface area contributed by atoms with E-state index >= 15 is 0 Å². The fourth-order valence-electron chi connectivity index (χ4n) is 3.54. The molecule has 0 spiro atoms. The minimum atomic E-state index is -0.131. The highest BCUT2D eigenvalue weighted by Crippen LogP contribution is 2.37. The first-order chi connectivity index (χ1) is 16.2. The van der Waals surface area contributed by atoms with Crippen LogP contribution in [0.5, 0.6) is 17.2 Å². The zero-order valence-corrected chi connectivity index (χ0v) is 18.9. The average molecular weight is 459 g/mol. The number of hydrogen-bond donors (Lipinski definition) is 1. The van der Waals surface area contributed by atoms with E-state index in [1.807, 2.05) is 66.9 Å². The van der Waals surface area contributed by atoms with Crippen molar-refractivity contribution in [1.29, 1.82) is 0 Å². The van der Waals surface area contributed by atoms with Crippen LogP contribution in [0.4, 0.5) is 0 Å². The number of aromatic nitrogens is 1. The van der Waals surface area contributed by atoms with Crippen molar-refractivity contribution in [1.82, 2.24) is 10.3 Å². The third-order valence-electron chi connectivity index (χ3n) is 5.23. The molecule has 1 N–H and O–H groups in total. The number of fused-ring (bicyclic) bond motifs is 1. The number of carbonyl (C=O) groups is 1. The van der Waals surface area contributed by atoms with Crippen molar-refractivity contribution in [3.05, 3.63) is 83.2 Å². The lowest BCUT2D eigenvalue weighted by Crippen LogP contribution is -2.22. The highest BCUT2D eigenvalue weighted by atomic mass is 32.1. The van der Waals surface area contributed by atoms with Gasteiger partial charge in [-0.15, -0.1) is 11.3 Å². The monoisotopic (exact) mass is 458 g/mol. The largest absolute Gasteiger partial charge is 0.494 e. The smallest absolute Gasteiger partial charge is 0.251 e. The first-order valence-corrected chi connectivity index (χ1v) is 11.5. The number of thiazole rings is 1. The van der Waals surface area contributed by atoms with Crippen LogP contribution in [0.1, 0.15) is 22.8 Å². The minimum absolute atomic E-state index is 0.131. The van der Waals surface area contributed by atoms with Gasteiger partial charge in [-0.3, -0.25) is 4.79 Å². The maximum atomic E-state index is 12.5. The summed E-state index contributed by atoms with van der Waals surface area (Å²) in [6.45, 7) is 3.18. The van der Waals surface area contributed by atoms with Gasteiger partial charge >= 0.3 is 0 Å². The predicted octanol–water partition coefficient (Wildman–Crippen LogP) is 5.53. The molecule has 0 bridgehead atoms. The molecule has 6 nitrogen and oxygen atoms in total. The normalized spacial score (nSPS) is 11.9. The molecule has 5 rings (SSSR count). The van der Waals surface area contributed by atoms with E-state index < -0.39 is 0 Å². The van der Waals surface area contributed by atoms with Crippen LogP contribution in [0.2, 0.25) is 0 Å². The van der Waals surface area contributed by atoms with Gasteiger partial charge in [-0.05, 0) is 48.9 Å². The Balaban J connectivity index is 1.23. The summed E-state index contributed by atoms with van der Waals surface area (Å²) < 4.78 is 16.3. The SMILES string of the molecule is CCOc1cccc(C(=O)NCc2ccc(-c3nc(-c4ccc5c(c4)OCO5)cs3)cc2)c1. The molecule has 1 aliphatic rings. The molecule has 0 atom stereocenters. The Kier molecular flexibility index (Phi) is 5.95. The minimum Gasteiger partial charge on any atom is -0.494 e. The van der Waals surface area contributed by atoms with Crippen molar-refractivity contribution in [2.24, 2.45) is 0 Å². The van der Waals surface area contributed by atoms with E-state index in [9.17, 15) is 4.79 Å². The number of benzene rings is 3. The van der Waals surface area contributed by atoms with Gasteiger partial charge in [-0.25, -0.2) is 4.98 Å². The Morgan fingerprint density at radius 1 is 1.03 bits per heavy atom. The molecule has 2 heterocycles. The zero-order valence-electron chi connectivity index (χ0n) is 18.0. The fourth-order valence-corrected chi connectivity index (χ4v) is 4.37. The van der Waals surface area contributed by atoms with Gasteiger partial charge in [0.15, 0.2) is 11.5 Å². The first kappa shape index (κ1) is 21.0. The van der Waals surface area contributed by atoms with Crippen LogP contribution in [-0.2, 0) is 6.54 Å². The fraction of sp³-hybridized carbons (Fsp3) is 0.154. The van der Waals surface area contributed by atoms with Gasteiger partial charge in [0.25, 0.3) is 5.91 Å². The van der Waals surface area contributed by atoms with Crippen molar-refractivity contribution in [3.8, 4) is 39.1 Å². The molecule has 0 saturated carbocycles. The van der Waals surface area contributed by atoms with E-state index in [0.29, 0.717) is 24.5 Å². The molecule has 0 aliphatic carbocycles. The number of ether oxygens (including phenoxy) is 3. The van der Waals surface area contributed by atoms with Crippen LogP contribution in [0.3, 0.4) is 0 Å². The Labute approximate surface area is 195 Å². The topological polar surface area (TPSA) is 69.7 Å². The zero-order chi connectivity index (χ0) is 22.6. The first-order valence-electron chi connectivity index (χ1n) is 10.7. The van der Waals surface area contributed by atoms with E-state index in [0.717, 1.165) is 38.9 Å². The number of nitrogens with zero attached hydrogens (tertiary/aromatic N) is 1. The summed E-state index contributed by atoms with van der Waals surface area (Å²) in [4.78, 5) is 17.3. The van der Waals surface area contributed by atoms with Crippen LogP contribution in [-0.4, -0.2) is 24.3 Å². The van der Waals surface area contributed by atoms with Crippen molar-refractivity contribution in [2.45, 2.75) is 13.5 Å². The van der Waals surface area contributed by atoms with Gasteiger partial charge in [0, 0.05) is 28.6 Å². The molecular formula is C26H22N2O4S. The third-order valence-corrected chi connectivity index (χ3v) is 6.13. The van der Waals surface area contributed by atoms with E-state index in [1.165, 1.54) is 0 Å². The van der Waals surface area contributed by atoms with Crippen molar-refractivity contribution in [2.75, 3.05) is 13.4 Å². The van der Waals surface area contributed by atoms with Gasteiger partial charge < -0.3 is 19.5 Å². The predicted molar refractivity (Wildman–Crippen MR) is 128 cm³/mol. The Bertz CT molecular complexity index is 1280. The van der Waals surface area contributed by atoms with E-state index in [-0.39, 0.29) is 12.7 Å². The lowest BCUT2D eigenvalue weighted by Gasteiger charge is -2.08. The Morgan fingerprint density at radius 2 is 1.85 bits per heavy atom. The van der Waals surface area contributed by atoms with Gasteiger partial charge in [0.05, 0.1) is 12.3 Å². The molecule has 3 aromatic carbocycles. The van der Waals surface area contributed by atoms with Gasteiger partial charge in [0.1, 0.15) is 10.8 Å². The van der Waals surface area contributed by atoms with Crippen LogP contribution >= 0.6 is 11.3 Å². The molecule has 0 unspecified atom stereocenters. The molecule has 1 amide bonds. The summed E-state index contributed by atoms with van der Waals surface area (Å²) in [6.07, 6.45) is 0. The van der Waals surface area contributed by atoms with Crippen LogP contribution in [0.15, 0.2) is 72.1 Å². The number of rotatable bonds is 7. The number of amides is 1. The van der Waals surface area contributed by atoms with Gasteiger partial charge in [-0.1, -0.05) is 30.3 Å². The number of carbonyl (C=O) groups excluding carboxylic acids is 1. The standard InChI is InChI=1S/C26H22N2O4S/c1-2-30-21-5-3-4-20(12-21)25(29)27-14-17-6-8-18(9-7-17)26-28-22(15-33-26)19-10-11-23-24(13-19)32-16-31-23/h3-13,15H,2,14,16H2,1H3,(H,27,29). The number of nitrogens with one attached hydrogen (secondary N) is 1. The van der Waals surface area contributed by atoms with Crippen molar-refractivity contribution >= 4 is 17.2 Å². The summed E-state index contributed by atoms with van der Waals surface area (Å²) in [5, 5.41) is 5.94. The molecular weight excluding hydrogens is 436 g/mol. The third kappa shape index (κ3) is 4.68. The van der Waals surface area contributed by atoms with Crippen molar-refractivity contribution < 1.29 is 19.0 Å². The second kappa shape index (κ2) is 9.34. The van der Waals surface area contributed by atoms with Gasteiger partial charge in [-0.2, -0.15) is 0 Å². The van der Waals surface area contributed by atoms with Crippen LogP contribution < -0.4 is 19.5 Å². The second-order valence-electron chi connectivity index (χ2n) is 7.45. The molecule has 166 valence electrons. The van der Waals surface area contributed by atoms with Crippen LogP contribution in [0, 0.1) is 0 Å². The molecule has 33 heavy (non-hydrogen) atoms. The lowest BCUT2D eigenvalue weighted by molar-refractivity contribution is 0.0950. The Hall–Kier alpha value is -3.84. The maximum Gasteiger partial charge on any atom is 0.251 e. The molecule has 4 aromatic rings. The van der Waals surface area contributed by atoms with E-state index in [2.05, 4.69) is 5.32 Å². The summed E-state index contributed by atoms with van der Waals surface area (Å²) in [7, 11) is 0. The lowest BCUT2D eigenvalue weighted by atomic mass is 10.1. The van der Waals surface area contributed by atoms with Crippen LogP contribution in [0.25, 0.3) is 21.8 Å². The molecule has 0 fully saturated rings. The summed E-state index contributed by atoms with van der Waals surface area (Å²) in [5.74, 6) is 2.07. The molecule has 1 aromatic heterocycles. The van der Waals surface area contributed by atoms with E-state index in [4.69, 9.17) is 19.2 Å². The van der Waals surface area contributed by atoms with E-state index in [1.54, 1.807) is 23.5 Å². The second-order valence-corrected chi connectivity index (χ2v) is 8.30. The molecule has 0 saturated heterocycles. The summed E-state index contributed by atoms with van der Waals surface area (Å²) in [6, 6.07) is 21.1. The molecule has 0 radical (unpaired) electrons. The maximum absolute atomic E-state index is 12.5. The highest BCUT2D eigenvalue weighted by Gasteiger charge is 2.15. The number of hydrogen-bond acceptors (Lipinski definition) is 6. The Morgan fingerprint density at radius 3 is 2.70 bits per heavy atom. The molecule has 1 aliphatic heterocycles. The average Bonchev–Trinajstić information content (AvgIpc) is 3.53. The highest BCUT2D eigenvalue weighted by molar-refractivity contribution is 7.13.